The van der Waals surface area contributed by atoms with Gasteiger partial charge in [-0.2, -0.15) is 0 Å². The number of fused-ring (bicyclic) bond motifs is 1. The Morgan fingerprint density at radius 3 is 3.05 bits per heavy atom. The van der Waals surface area contributed by atoms with Crippen molar-refractivity contribution in [1.82, 2.24) is 15.6 Å². The molecule has 0 atom stereocenters. The standard InChI is InChI=1S/C13H11N3O3/c1-14-12(17)3-2-6-15-13(18)9-4-5-11-10(7-9)16-8-19-11/h4-5,7-8H,6H2,1H3,(H,14,17)(H,15,18). The van der Waals surface area contributed by atoms with Crippen molar-refractivity contribution >= 4 is 22.9 Å². The first kappa shape index (κ1) is 12.6. The largest absolute Gasteiger partial charge is 0.443 e. The van der Waals surface area contributed by atoms with E-state index in [0.29, 0.717) is 16.7 Å². The first-order valence-electron chi connectivity index (χ1n) is 5.53. The van der Waals surface area contributed by atoms with Crippen LogP contribution in [0.1, 0.15) is 10.4 Å². The minimum Gasteiger partial charge on any atom is -0.443 e. The van der Waals surface area contributed by atoms with E-state index in [2.05, 4.69) is 27.5 Å². The van der Waals surface area contributed by atoms with Crippen LogP contribution in [0.5, 0.6) is 0 Å². The first-order chi connectivity index (χ1) is 9.20. The molecule has 0 saturated carbocycles. The van der Waals surface area contributed by atoms with Crippen LogP contribution >= 0.6 is 0 Å². The summed E-state index contributed by atoms with van der Waals surface area (Å²) in [4.78, 5) is 26.6. The van der Waals surface area contributed by atoms with Crippen molar-refractivity contribution in [2.45, 2.75) is 0 Å². The predicted molar refractivity (Wildman–Crippen MR) is 68.2 cm³/mol. The summed E-state index contributed by atoms with van der Waals surface area (Å²) in [6, 6.07) is 4.93. The minimum atomic E-state index is -0.390. The molecule has 0 aliphatic rings. The van der Waals surface area contributed by atoms with Gasteiger partial charge in [-0.3, -0.25) is 9.59 Å². The van der Waals surface area contributed by atoms with Gasteiger partial charge in [0.1, 0.15) is 5.52 Å². The summed E-state index contributed by atoms with van der Waals surface area (Å²) in [5.74, 6) is 4.19. The molecule has 0 spiro atoms. The molecule has 96 valence electrons. The van der Waals surface area contributed by atoms with E-state index in [4.69, 9.17) is 4.42 Å². The van der Waals surface area contributed by atoms with Crippen LogP contribution in [-0.4, -0.2) is 30.4 Å². The minimum absolute atomic E-state index is 0.100. The van der Waals surface area contributed by atoms with Crippen LogP contribution in [-0.2, 0) is 4.79 Å². The fourth-order valence-corrected chi connectivity index (χ4v) is 1.41. The maximum absolute atomic E-state index is 11.8. The van der Waals surface area contributed by atoms with E-state index in [9.17, 15) is 9.59 Å². The zero-order valence-corrected chi connectivity index (χ0v) is 10.2. The Balaban J connectivity index is 1.99. The van der Waals surface area contributed by atoms with Crippen molar-refractivity contribution in [3.05, 3.63) is 30.2 Å². The number of nitrogens with one attached hydrogen (secondary N) is 2. The summed E-state index contributed by atoms with van der Waals surface area (Å²) in [5.41, 5.74) is 1.70. The lowest BCUT2D eigenvalue weighted by Crippen LogP contribution is -2.24. The molecule has 0 bridgehead atoms. The third-order valence-corrected chi connectivity index (χ3v) is 2.36. The number of benzene rings is 1. The zero-order chi connectivity index (χ0) is 13.7. The van der Waals surface area contributed by atoms with E-state index in [1.807, 2.05) is 0 Å². The van der Waals surface area contributed by atoms with Crippen molar-refractivity contribution < 1.29 is 14.0 Å². The van der Waals surface area contributed by atoms with E-state index >= 15 is 0 Å². The van der Waals surface area contributed by atoms with Gasteiger partial charge in [-0.1, -0.05) is 5.92 Å². The van der Waals surface area contributed by atoms with Crippen molar-refractivity contribution in [3.8, 4) is 11.8 Å². The number of carbonyl (C=O) groups excluding carboxylic acids is 2. The average molecular weight is 257 g/mol. The summed E-state index contributed by atoms with van der Waals surface area (Å²) in [7, 11) is 1.49. The van der Waals surface area contributed by atoms with Crippen LogP contribution in [0.4, 0.5) is 0 Å². The molecule has 0 aliphatic heterocycles. The molecular weight excluding hydrogens is 246 g/mol. The molecule has 2 aromatic rings. The number of amides is 2. The molecule has 0 radical (unpaired) electrons. The molecule has 0 unspecified atom stereocenters. The number of aromatic nitrogens is 1. The Morgan fingerprint density at radius 1 is 1.42 bits per heavy atom. The number of hydrogen-bond donors (Lipinski definition) is 2. The van der Waals surface area contributed by atoms with E-state index in [0.717, 1.165) is 0 Å². The zero-order valence-electron chi connectivity index (χ0n) is 10.2. The second-order valence-electron chi connectivity index (χ2n) is 3.60. The second kappa shape index (κ2) is 5.69. The molecule has 6 heteroatoms. The highest BCUT2D eigenvalue weighted by atomic mass is 16.3. The average Bonchev–Trinajstić information content (AvgIpc) is 2.90. The molecule has 0 saturated heterocycles. The van der Waals surface area contributed by atoms with Gasteiger partial charge in [0.25, 0.3) is 11.8 Å². The van der Waals surface area contributed by atoms with Gasteiger partial charge in [0.2, 0.25) is 0 Å². The molecule has 2 amide bonds. The first-order valence-corrected chi connectivity index (χ1v) is 5.53. The maximum atomic E-state index is 11.8. The lowest BCUT2D eigenvalue weighted by Gasteiger charge is -2.00. The van der Waals surface area contributed by atoms with Crippen molar-refractivity contribution in [1.29, 1.82) is 0 Å². The lowest BCUT2D eigenvalue weighted by molar-refractivity contribution is -0.115. The van der Waals surface area contributed by atoms with E-state index in [-0.39, 0.29) is 12.5 Å². The van der Waals surface area contributed by atoms with E-state index < -0.39 is 5.91 Å². The SMILES string of the molecule is CNC(=O)C#CCNC(=O)c1ccc2ocnc2c1. The van der Waals surface area contributed by atoms with Crippen LogP contribution in [0.2, 0.25) is 0 Å². The number of hydrogen-bond acceptors (Lipinski definition) is 4. The Bertz CT molecular complexity index is 679. The molecule has 0 fully saturated rings. The lowest BCUT2D eigenvalue weighted by atomic mass is 10.2. The van der Waals surface area contributed by atoms with E-state index in [1.165, 1.54) is 13.4 Å². The topological polar surface area (TPSA) is 84.2 Å². The molecule has 2 N–H and O–H groups in total. The normalized spacial score (nSPS) is 9.53. The van der Waals surface area contributed by atoms with Crippen molar-refractivity contribution in [2.75, 3.05) is 13.6 Å². The van der Waals surface area contributed by atoms with Crippen molar-refractivity contribution in [3.63, 3.8) is 0 Å². The molecule has 2 rings (SSSR count). The summed E-state index contributed by atoms with van der Waals surface area (Å²) < 4.78 is 5.08. The molecule has 1 aromatic carbocycles. The Kier molecular flexibility index (Phi) is 3.78. The molecule has 0 aliphatic carbocycles. The molecule has 1 heterocycles. The van der Waals surface area contributed by atoms with Gasteiger partial charge >= 0.3 is 0 Å². The van der Waals surface area contributed by atoms with Crippen LogP contribution in [0.25, 0.3) is 11.1 Å². The number of carbonyl (C=O) groups is 2. The van der Waals surface area contributed by atoms with Crippen molar-refractivity contribution in [2.24, 2.45) is 0 Å². The van der Waals surface area contributed by atoms with E-state index in [1.54, 1.807) is 18.2 Å². The van der Waals surface area contributed by atoms with Gasteiger partial charge in [0, 0.05) is 12.6 Å². The van der Waals surface area contributed by atoms with Gasteiger partial charge in [-0.15, -0.1) is 0 Å². The molecule has 6 nitrogen and oxygen atoms in total. The molecule has 1 aromatic heterocycles. The smallest absolute Gasteiger partial charge is 0.295 e. The third kappa shape index (κ3) is 3.10. The maximum Gasteiger partial charge on any atom is 0.295 e. The van der Waals surface area contributed by atoms with Gasteiger partial charge in [-0.05, 0) is 24.1 Å². The summed E-state index contributed by atoms with van der Waals surface area (Å²) >= 11 is 0. The number of nitrogens with zero attached hydrogens (tertiary/aromatic N) is 1. The van der Waals surface area contributed by atoms with Gasteiger partial charge in [0.05, 0.1) is 6.54 Å². The van der Waals surface area contributed by atoms with Gasteiger partial charge < -0.3 is 15.1 Å². The van der Waals surface area contributed by atoms with Crippen LogP contribution in [0.15, 0.2) is 29.0 Å². The van der Waals surface area contributed by atoms with Crippen LogP contribution in [0, 0.1) is 11.8 Å². The number of rotatable bonds is 2. The third-order valence-electron chi connectivity index (χ3n) is 2.36. The summed E-state index contributed by atoms with van der Waals surface area (Å²) in [6.45, 7) is 0.100. The monoisotopic (exact) mass is 257 g/mol. The molecule has 19 heavy (non-hydrogen) atoms. The van der Waals surface area contributed by atoms with Gasteiger partial charge in [-0.25, -0.2) is 4.98 Å². The highest BCUT2D eigenvalue weighted by Crippen LogP contribution is 2.13. The quantitative estimate of drug-likeness (QED) is 0.758. The second-order valence-corrected chi connectivity index (χ2v) is 3.60. The highest BCUT2D eigenvalue weighted by Gasteiger charge is 2.06. The Hall–Kier alpha value is -2.81. The van der Waals surface area contributed by atoms with Gasteiger partial charge in [0.15, 0.2) is 12.0 Å². The predicted octanol–water partition coefficient (Wildman–Crippen LogP) is 0.307. The summed E-state index contributed by atoms with van der Waals surface area (Å²) in [6.07, 6.45) is 1.32. The number of oxazole rings is 1. The Morgan fingerprint density at radius 2 is 2.26 bits per heavy atom. The fourth-order valence-electron chi connectivity index (χ4n) is 1.41. The van der Waals surface area contributed by atoms with Crippen LogP contribution in [0.3, 0.4) is 0 Å². The Labute approximate surface area is 109 Å². The van der Waals surface area contributed by atoms with Crippen LogP contribution < -0.4 is 10.6 Å². The highest BCUT2D eigenvalue weighted by molar-refractivity contribution is 5.97. The molecular formula is C13H11N3O3. The fraction of sp³-hybridized carbons (Fsp3) is 0.154. The summed E-state index contributed by atoms with van der Waals surface area (Å²) in [5, 5.41) is 4.94.